The van der Waals surface area contributed by atoms with E-state index >= 15 is 0 Å². The molecular weight excluding hydrogens is 975 g/mol. The first-order valence-electron chi connectivity index (χ1n) is 25.2. The quantitative estimate of drug-likeness (QED) is 0.0739. The SMILES string of the molecule is COc1cc2c(cc1OCc1cc(COc3cc4c(cc3OC)C(=O)N3c5ccccc5C[C@H]3CN4)cc(NC(=O)CNC(=O)CNC(=O)CNC(=O)[C@H]3CC[C@H](C(N)=O)CC3)c1)N=C[C@@H]1Cc3ccccc3N1C2=O. The van der Waals surface area contributed by atoms with Crippen LogP contribution < -0.4 is 61.1 Å². The largest absolute Gasteiger partial charge is 0.493 e. The number of rotatable bonds is 17. The molecule has 76 heavy (non-hydrogen) atoms. The summed E-state index contributed by atoms with van der Waals surface area (Å²) < 4.78 is 24.3. The molecule has 20 heteroatoms. The summed E-state index contributed by atoms with van der Waals surface area (Å²) in [5.41, 5.74) is 12.7. The number of methoxy groups -OCH3 is 2. The number of nitrogens with zero attached hydrogens (tertiary/aromatic N) is 3. The molecule has 0 aromatic heterocycles. The highest BCUT2D eigenvalue weighted by Crippen LogP contribution is 2.43. The molecule has 1 fully saturated rings. The van der Waals surface area contributed by atoms with E-state index in [-0.39, 0.29) is 67.3 Å². The van der Waals surface area contributed by atoms with Crippen molar-refractivity contribution in [3.8, 4) is 23.0 Å². The van der Waals surface area contributed by atoms with Gasteiger partial charge in [-0.1, -0.05) is 36.4 Å². The van der Waals surface area contributed by atoms with Gasteiger partial charge in [-0.3, -0.25) is 43.5 Å². The number of ether oxygens (including phenoxy) is 4. The van der Waals surface area contributed by atoms with Gasteiger partial charge in [0.25, 0.3) is 11.8 Å². The van der Waals surface area contributed by atoms with Crippen molar-refractivity contribution in [3.63, 3.8) is 0 Å². The molecule has 1 aliphatic carbocycles. The second kappa shape index (κ2) is 21.9. The molecule has 0 spiro atoms. The van der Waals surface area contributed by atoms with Gasteiger partial charge in [0.15, 0.2) is 23.0 Å². The van der Waals surface area contributed by atoms with E-state index < -0.39 is 30.8 Å². The van der Waals surface area contributed by atoms with Crippen molar-refractivity contribution in [1.29, 1.82) is 0 Å². The number of hydrogen-bond donors (Lipinski definition) is 6. The maximum atomic E-state index is 14.1. The van der Waals surface area contributed by atoms with Crippen molar-refractivity contribution in [1.82, 2.24) is 16.0 Å². The van der Waals surface area contributed by atoms with E-state index in [0.29, 0.717) is 101 Å². The number of hydrogen-bond acceptors (Lipinski definition) is 13. The zero-order valence-corrected chi connectivity index (χ0v) is 41.9. The molecule has 10 rings (SSSR count). The number of nitrogens with two attached hydrogens (primary N) is 1. The van der Waals surface area contributed by atoms with E-state index in [2.05, 4.69) is 26.6 Å². The minimum atomic E-state index is -0.641. The number of nitrogens with one attached hydrogen (secondary N) is 5. The number of para-hydroxylation sites is 2. The Hall–Kier alpha value is -8.94. The van der Waals surface area contributed by atoms with E-state index in [9.17, 15) is 33.6 Å². The Kier molecular flexibility index (Phi) is 14.6. The van der Waals surface area contributed by atoms with Crippen LogP contribution in [-0.4, -0.2) is 100 Å². The van der Waals surface area contributed by atoms with Crippen LogP contribution in [0, 0.1) is 11.8 Å². The topological polar surface area (TPSA) is 261 Å². The average molecular weight is 1030 g/mol. The first-order chi connectivity index (χ1) is 36.8. The van der Waals surface area contributed by atoms with Crippen molar-refractivity contribution < 1.29 is 52.5 Å². The van der Waals surface area contributed by atoms with Crippen LogP contribution in [0.2, 0.25) is 0 Å². The fraction of sp³-hybridized carbons (Fsp3) is 0.321. The van der Waals surface area contributed by atoms with Crippen LogP contribution >= 0.6 is 0 Å². The highest BCUT2D eigenvalue weighted by atomic mass is 16.5. The zero-order valence-electron chi connectivity index (χ0n) is 41.9. The van der Waals surface area contributed by atoms with Crippen molar-refractivity contribution in [2.75, 3.05) is 60.8 Å². The third kappa shape index (κ3) is 10.7. The monoisotopic (exact) mass is 1030 g/mol. The third-order valence-corrected chi connectivity index (χ3v) is 14.4. The van der Waals surface area contributed by atoms with Crippen molar-refractivity contribution >= 4 is 76.0 Å². The van der Waals surface area contributed by atoms with Gasteiger partial charge in [0, 0.05) is 60.2 Å². The lowest BCUT2D eigenvalue weighted by Crippen LogP contribution is -2.44. The molecule has 20 nitrogen and oxygen atoms in total. The molecule has 0 radical (unpaired) electrons. The molecule has 7 amide bonds. The van der Waals surface area contributed by atoms with Crippen molar-refractivity contribution in [2.24, 2.45) is 22.6 Å². The second-order valence-corrected chi connectivity index (χ2v) is 19.4. The number of carbonyl (C=O) groups excluding carboxylic acids is 7. The molecule has 2 atom stereocenters. The number of anilines is 4. The summed E-state index contributed by atoms with van der Waals surface area (Å²) in [6, 6.07) is 27.3. The summed E-state index contributed by atoms with van der Waals surface area (Å²) in [5, 5.41) is 13.8. The van der Waals surface area contributed by atoms with Gasteiger partial charge in [0.2, 0.25) is 29.5 Å². The van der Waals surface area contributed by atoms with Gasteiger partial charge >= 0.3 is 0 Å². The minimum Gasteiger partial charge on any atom is -0.493 e. The Bertz CT molecular complexity index is 3190. The van der Waals surface area contributed by atoms with Crippen LogP contribution in [0.15, 0.2) is 96.0 Å². The molecule has 7 N–H and O–H groups in total. The fourth-order valence-corrected chi connectivity index (χ4v) is 10.6. The van der Waals surface area contributed by atoms with Crippen molar-refractivity contribution in [3.05, 3.63) is 124 Å². The smallest absolute Gasteiger partial charge is 0.261 e. The molecule has 0 saturated heterocycles. The molecule has 0 unspecified atom stereocenters. The van der Waals surface area contributed by atoms with Gasteiger partial charge in [-0.25, -0.2) is 0 Å². The van der Waals surface area contributed by atoms with Gasteiger partial charge in [-0.15, -0.1) is 0 Å². The Morgan fingerprint density at radius 1 is 0.645 bits per heavy atom. The molecule has 5 aliphatic rings. The maximum absolute atomic E-state index is 14.1. The Balaban J connectivity index is 0.821. The molecule has 1 saturated carbocycles. The van der Waals surface area contributed by atoms with E-state index in [1.165, 1.54) is 14.2 Å². The predicted molar refractivity (Wildman–Crippen MR) is 282 cm³/mol. The predicted octanol–water partition coefficient (Wildman–Crippen LogP) is 4.73. The zero-order chi connectivity index (χ0) is 53.0. The Morgan fingerprint density at radius 3 is 1.87 bits per heavy atom. The van der Waals surface area contributed by atoms with E-state index in [4.69, 9.17) is 29.7 Å². The van der Waals surface area contributed by atoms with E-state index in [1.807, 2.05) is 59.5 Å². The van der Waals surface area contributed by atoms with E-state index in [1.54, 1.807) is 47.5 Å². The number of aliphatic imine (C=N–C) groups is 1. The van der Waals surface area contributed by atoms with Gasteiger partial charge in [0.05, 0.1) is 68.4 Å². The highest BCUT2D eigenvalue weighted by Gasteiger charge is 2.39. The number of carbonyl (C=O) groups is 7. The minimum absolute atomic E-state index is 0.0188. The first-order valence-corrected chi connectivity index (χ1v) is 25.2. The number of primary amides is 1. The summed E-state index contributed by atoms with van der Waals surface area (Å²) >= 11 is 0. The highest BCUT2D eigenvalue weighted by molar-refractivity contribution is 6.15. The molecule has 4 heterocycles. The number of fused-ring (bicyclic) bond motifs is 8. The lowest BCUT2D eigenvalue weighted by Gasteiger charge is -2.25. The Morgan fingerprint density at radius 2 is 1.21 bits per heavy atom. The van der Waals surface area contributed by atoms with Crippen molar-refractivity contribution in [2.45, 2.75) is 63.8 Å². The van der Waals surface area contributed by atoms with Gasteiger partial charge in [-0.05, 0) is 96.8 Å². The summed E-state index contributed by atoms with van der Waals surface area (Å²) in [6.07, 6.45) is 5.13. The molecule has 5 aromatic carbocycles. The van der Waals surface area contributed by atoms with Crippen LogP contribution in [0.3, 0.4) is 0 Å². The fourth-order valence-electron chi connectivity index (χ4n) is 10.6. The van der Waals surface area contributed by atoms with E-state index in [0.717, 1.165) is 28.9 Å². The van der Waals surface area contributed by atoms with Crippen LogP contribution in [0.25, 0.3) is 0 Å². The standard InChI is InChI=1S/C56H57N9O11/c1-73-46-20-40-42(58-24-38-18-35-7-3-5-9-44(35)64(38)55(40)71)22-48(46)75-29-31-15-32(30-76-49-23-43-41(21-47(49)74-2)56(72)65-39(25-59-43)19-36-8-4-6-10-45(36)65)17-37(16-31)63-52(68)28-61-50(66)26-60-51(67)27-62-54(70)34-13-11-33(12-14-34)53(57)69/h3-10,15-17,20-24,33-34,38-39,59H,11-14,18-19,25-30H2,1-2H3,(H2,57,69)(H,60,67)(H,61,66)(H,62,70)(H,63,68)/t33-,34-,38-,39-/m0/s1. The Labute approximate surface area is 437 Å². The lowest BCUT2D eigenvalue weighted by molar-refractivity contribution is -0.131. The average Bonchev–Trinajstić information content (AvgIpc) is 3.96. The summed E-state index contributed by atoms with van der Waals surface area (Å²) in [6.45, 7) is -0.763. The summed E-state index contributed by atoms with van der Waals surface area (Å²) in [4.78, 5) is 99.2. The third-order valence-electron chi connectivity index (χ3n) is 14.4. The maximum Gasteiger partial charge on any atom is 0.261 e. The molecule has 392 valence electrons. The lowest BCUT2D eigenvalue weighted by atomic mass is 9.81. The number of benzene rings is 5. The van der Waals surface area contributed by atoms with Gasteiger partial charge < -0.3 is 56.2 Å². The van der Waals surface area contributed by atoms with Gasteiger partial charge in [0.1, 0.15) is 13.2 Å². The number of amides is 7. The molecule has 0 bridgehead atoms. The van der Waals surface area contributed by atoms with Gasteiger partial charge in [-0.2, -0.15) is 0 Å². The van der Waals surface area contributed by atoms with Crippen LogP contribution in [0.5, 0.6) is 23.0 Å². The van der Waals surface area contributed by atoms with Crippen LogP contribution in [-0.2, 0) is 50.0 Å². The molecular formula is C56H57N9O11. The first kappa shape index (κ1) is 50.6. The summed E-state index contributed by atoms with van der Waals surface area (Å²) in [5.74, 6) is -2.11. The molecule has 4 aliphatic heterocycles. The van der Waals surface area contributed by atoms with Crippen LogP contribution in [0.4, 0.5) is 28.4 Å². The molecule has 5 aromatic rings. The summed E-state index contributed by atoms with van der Waals surface area (Å²) in [7, 11) is 2.98. The second-order valence-electron chi connectivity index (χ2n) is 19.4. The normalized spacial score (nSPS) is 18.7. The van der Waals surface area contributed by atoms with Crippen LogP contribution in [0.1, 0.15) is 68.7 Å².